The third-order valence-corrected chi connectivity index (χ3v) is 3.34. The second-order valence-corrected chi connectivity index (χ2v) is 4.88. The standard InChI is InChI=1S/C15H13N3O2/c1-18(2)15-16-8-7-11(17-15)12-13(19)9-5-3-4-6-10(9)14(12)20/h3-8,12H,1-2H3. The molecule has 0 amide bonds. The van der Waals surface area contributed by atoms with Crippen molar-refractivity contribution in [2.24, 2.45) is 0 Å². The van der Waals surface area contributed by atoms with E-state index in [1.807, 2.05) is 14.1 Å². The monoisotopic (exact) mass is 267 g/mol. The predicted molar refractivity (Wildman–Crippen MR) is 74.2 cm³/mol. The van der Waals surface area contributed by atoms with Crippen LogP contribution in [0.25, 0.3) is 0 Å². The minimum atomic E-state index is -0.839. The summed E-state index contributed by atoms with van der Waals surface area (Å²) in [6.07, 6.45) is 1.57. The van der Waals surface area contributed by atoms with Gasteiger partial charge in [-0.25, -0.2) is 9.97 Å². The molecule has 1 heterocycles. The topological polar surface area (TPSA) is 63.2 Å². The summed E-state index contributed by atoms with van der Waals surface area (Å²) in [6.45, 7) is 0. The molecule has 0 radical (unpaired) electrons. The van der Waals surface area contributed by atoms with Crippen molar-refractivity contribution in [2.45, 2.75) is 5.92 Å². The lowest BCUT2D eigenvalue weighted by molar-refractivity contribution is 0.0888. The normalized spacial score (nSPS) is 14.5. The van der Waals surface area contributed by atoms with E-state index in [-0.39, 0.29) is 11.6 Å². The van der Waals surface area contributed by atoms with Gasteiger partial charge in [0.1, 0.15) is 5.92 Å². The highest BCUT2D eigenvalue weighted by molar-refractivity contribution is 6.29. The number of carbonyl (C=O) groups excluding carboxylic acids is 2. The quantitative estimate of drug-likeness (QED) is 0.775. The molecule has 0 fully saturated rings. The SMILES string of the molecule is CN(C)c1nccc(C2C(=O)c3ccccc3C2=O)n1. The number of Topliss-reactive ketones (excluding diaryl/α,β-unsaturated/α-hetero) is 2. The van der Waals surface area contributed by atoms with Gasteiger partial charge in [0.15, 0.2) is 11.6 Å². The summed E-state index contributed by atoms with van der Waals surface area (Å²) in [6, 6.07) is 8.52. The van der Waals surface area contributed by atoms with E-state index >= 15 is 0 Å². The number of ketones is 2. The Labute approximate surface area is 116 Å². The summed E-state index contributed by atoms with van der Waals surface area (Å²) in [5, 5.41) is 0. The zero-order valence-corrected chi connectivity index (χ0v) is 11.2. The maximum absolute atomic E-state index is 12.4. The molecule has 0 spiro atoms. The van der Waals surface area contributed by atoms with Crippen LogP contribution in [0.4, 0.5) is 5.95 Å². The first kappa shape index (κ1) is 12.5. The lowest BCUT2D eigenvalue weighted by atomic mass is 10.00. The van der Waals surface area contributed by atoms with Gasteiger partial charge in [0.25, 0.3) is 0 Å². The van der Waals surface area contributed by atoms with Crippen LogP contribution in [0.15, 0.2) is 36.5 Å². The molecule has 100 valence electrons. The van der Waals surface area contributed by atoms with Gasteiger partial charge < -0.3 is 4.90 Å². The molecule has 0 saturated carbocycles. The van der Waals surface area contributed by atoms with Gasteiger partial charge in [0, 0.05) is 31.4 Å². The van der Waals surface area contributed by atoms with Crippen LogP contribution in [0.3, 0.4) is 0 Å². The van der Waals surface area contributed by atoms with Gasteiger partial charge in [-0.05, 0) is 6.07 Å². The van der Waals surface area contributed by atoms with Crippen LogP contribution in [0.2, 0.25) is 0 Å². The van der Waals surface area contributed by atoms with Crippen molar-refractivity contribution in [3.05, 3.63) is 53.3 Å². The Kier molecular flexibility index (Phi) is 2.82. The average Bonchev–Trinajstić information content (AvgIpc) is 2.72. The van der Waals surface area contributed by atoms with Gasteiger partial charge in [-0.1, -0.05) is 24.3 Å². The van der Waals surface area contributed by atoms with Crippen molar-refractivity contribution in [2.75, 3.05) is 19.0 Å². The fraction of sp³-hybridized carbons (Fsp3) is 0.200. The van der Waals surface area contributed by atoms with Crippen LogP contribution in [-0.2, 0) is 0 Å². The third kappa shape index (κ3) is 1.79. The minimum absolute atomic E-state index is 0.186. The molecule has 20 heavy (non-hydrogen) atoms. The molecular weight excluding hydrogens is 254 g/mol. The van der Waals surface area contributed by atoms with E-state index in [4.69, 9.17) is 0 Å². The Morgan fingerprint density at radius 1 is 1.00 bits per heavy atom. The Bertz CT molecular complexity index is 675. The van der Waals surface area contributed by atoms with Gasteiger partial charge in [-0.2, -0.15) is 0 Å². The van der Waals surface area contributed by atoms with Crippen LogP contribution < -0.4 is 4.90 Å². The zero-order chi connectivity index (χ0) is 14.3. The first-order valence-electron chi connectivity index (χ1n) is 6.27. The first-order chi connectivity index (χ1) is 9.59. The van der Waals surface area contributed by atoms with Crippen molar-refractivity contribution in [1.29, 1.82) is 0 Å². The number of nitrogens with zero attached hydrogens (tertiary/aromatic N) is 3. The number of hydrogen-bond donors (Lipinski definition) is 0. The Morgan fingerprint density at radius 3 is 2.15 bits per heavy atom. The van der Waals surface area contributed by atoms with Crippen molar-refractivity contribution < 1.29 is 9.59 Å². The Morgan fingerprint density at radius 2 is 1.60 bits per heavy atom. The van der Waals surface area contributed by atoms with Crippen molar-refractivity contribution in [3.63, 3.8) is 0 Å². The zero-order valence-electron chi connectivity index (χ0n) is 11.2. The van der Waals surface area contributed by atoms with Gasteiger partial charge in [-0.15, -0.1) is 0 Å². The maximum atomic E-state index is 12.4. The molecule has 0 unspecified atom stereocenters. The smallest absolute Gasteiger partial charge is 0.225 e. The molecule has 1 aliphatic rings. The fourth-order valence-electron chi connectivity index (χ4n) is 2.35. The number of benzene rings is 1. The lowest BCUT2D eigenvalue weighted by Gasteiger charge is -2.12. The number of carbonyl (C=O) groups is 2. The van der Waals surface area contributed by atoms with E-state index in [0.29, 0.717) is 22.8 Å². The molecule has 5 heteroatoms. The summed E-state index contributed by atoms with van der Waals surface area (Å²) in [7, 11) is 3.62. The molecular formula is C15H13N3O2. The van der Waals surface area contributed by atoms with E-state index in [1.165, 1.54) is 0 Å². The summed E-state index contributed by atoms with van der Waals surface area (Å²) in [4.78, 5) is 34.9. The highest BCUT2D eigenvalue weighted by Crippen LogP contribution is 2.33. The number of fused-ring (bicyclic) bond motifs is 1. The summed E-state index contributed by atoms with van der Waals surface area (Å²) < 4.78 is 0. The van der Waals surface area contributed by atoms with E-state index < -0.39 is 5.92 Å². The molecule has 1 aromatic heterocycles. The molecule has 1 aromatic carbocycles. The van der Waals surface area contributed by atoms with Crippen molar-refractivity contribution in [3.8, 4) is 0 Å². The number of hydrogen-bond acceptors (Lipinski definition) is 5. The third-order valence-electron chi connectivity index (χ3n) is 3.34. The van der Waals surface area contributed by atoms with Gasteiger partial charge in [0.2, 0.25) is 5.95 Å². The van der Waals surface area contributed by atoms with Crippen LogP contribution in [0.5, 0.6) is 0 Å². The molecule has 0 bridgehead atoms. The number of anilines is 1. The summed E-state index contributed by atoms with van der Waals surface area (Å²) in [5.41, 5.74) is 1.41. The van der Waals surface area contributed by atoms with Crippen molar-refractivity contribution >= 4 is 17.5 Å². The Hall–Kier alpha value is -2.56. The summed E-state index contributed by atoms with van der Waals surface area (Å²) >= 11 is 0. The van der Waals surface area contributed by atoms with E-state index in [2.05, 4.69) is 9.97 Å². The molecule has 1 aliphatic carbocycles. The second-order valence-electron chi connectivity index (χ2n) is 4.88. The van der Waals surface area contributed by atoms with Gasteiger partial charge in [0.05, 0.1) is 5.69 Å². The van der Waals surface area contributed by atoms with E-state index in [0.717, 1.165) is 0 Å². The molecule has 5 nitrogen and oxygen atoms in total. The fourth-order valence-corrected chi connectivity index (χ4v) is 2.35. The van der Waals surface area contributed by atoms with Crippen LogP contribution in [-0.4, -0.2) is 35.6 Å². The van der Waals surface area contributed by atoms with E-state index in [1.54, 1.807) is 41.4 Å². The molecule has 0 aliphatic heterocycles. The molecule has 0 saturated heterocycles. The largest absolute Gasteiger partial charge is 0.347 e. The van der Waals surface area contributed by atoms with E-state index in [9.17, 15) is 9.59 Å². The number of rotatable bonds is 2. The van der Waals surface area contributed by atoms with Crippen LogP contribution >= 0.6 is 0 Å². The molecule has 0 N–H and O–H groups in total. The Balaban J connectivity index is 2.07. The van der Waals surface area contributed by atoms with Crippen molar-refractivity contribution in [1.82, 2.24) is 9.97 Å². The van der Waals surface area contributed by atoms with Crippen LogP contribution in [0, 0.1) is 0 Å². The number of aromatic nitrogens is 2. The lowest BCUT2D eigenvalue weighted by Crippen LogP contribution is -2.18. The molecule has 3 rings (SSSR count). The molecule has 0 atom stereocenters. The highest BCUT2D eigenvalue weighted by Gasteiger charge is 2.40. The second kappa shape index (κ2) is 4.52. The van der Waals surface area contributed by atoms with Gasteiger partial charge in [-0.3, -0.25) is 9.59 Å². The maximum Gasteiger partial charge on any atom is 0.225 e. The first-order valence-corrected chi connectivity index (χ1v) is 6.27. The van der Waals surface area contributed by atoms with Crippen LogP contribution in [0.1, 0.15) is 32.3 Å². The minimum Gasteiger partial charge on any atom is -0.347 e. The highest BCUT2D eigenvalue weighted by atomic mass is 16.2. The summed E-state index contributed by atoms with van der Waals surface area (Å²) in [5.74, 6) is -0.726. The van der Waals surface area contributed by atoms with Gasteiger partial charge >= 0.3 is 0 Å². The average molecular weight is 267 g/mol. The molecule has 2 aromatic rings. The predicted octanol–water partition coefficient (Wildman–Crippen LogP) is 1.71.